The highest BCUT2D eigenvalue weighted by atomic mass is 35.5. The maximum Gasteiger partial charge on any atom is 0.253 e. The molecule has 3 nitrogen and oxygen atoms in total. The lowest BCUT2D eigenvalue weighted by atomic mass is 10.2. The number of carbonyl (C=O) groups is 1. The van der Waals surface area contributed by atoms with Gasteiger partial charge in [0.1, 0.15) is 0 Å². The molecule has 96 valence electrons. The van der Waals surface area contributed by atoms with E-state index < -0.39 is 0 Å². The Kier molecular flexibility index (Phi) is 3.27. The largest absolute Gasteiger partial charge is 0.336 e. The molecule has 18 heavy (non-hydrogen) atoms. The molecule has 2 fully saturated rings. The maximum absolute atomic E-state index is 12.3. The summed E-state index contributed by atoms with van der Waals surface area (Å²) in [7, 11) is 0. The van der Waals surface area contributed by atoms with Crippen LogP contribution in [-0.4, -0.2) is 47.9 Å². The summed E-state index contributed by atoms with van der Waals surface area (Å²) < 4.78 is 0. The Balaban J connectivity index is 1.63. The van der Waals surface area contributed by atoms with Gasteiger partial charge in [-0.15, -0.1) is 0 Å². The van der Waals surface area contributed by atoms with E-state index >= 15 is 0 Å². The molecule has 0 aromatic heterocycles. The first kappa shape index (κ1) is 12.0. The molecule has 0 spiro atoms. The predicted octanol–water partition coefficient (Wildman–Crippen LogP) is 2.26. The average Bonchev–Trinajstić information content (AvgIpc) is 3.22. The van der Waals surface area contributed by atoms with Crippen molar-refractivity contribution in [1.82, 2.24) is 9.80 Å². The number of hydrogen-bond donors (Lipinski definition) is 0. The standard InChI is InChI=1S/C14H17ClN2O/c15-12-3-1-2-11(10-12)14(18)17-8-6-16(7-9-17)13-4-5-13/h1-3,10,13H,4-9H2. The van der Waals surface area contributed by atoms with Gasteiger partial charge in [0.2, 0.25) is 0 Å². The van der Waals surface area contributed by atoms with Crippen LogP contribution in [0.5, 0.6) is 0 Å². The van der Waals surface area contributed by atoms with Gasteiger partial charge in [-0.2, -0.15) is 0 Å². The van der Waals surface area contributed by atoms with Gasteiger partial charge in [-0.1, -0.05) is 17.7 Å². The summed E-state index contributed by atoms with van der Waals surface area (Å²) in [6.45, 7) is 3.69. The first-order valence-electron chi connectivity index (χ1n) is 6.53. The number of halogens is 1. The second-order valence-corrected chi connectivity index (χ2v) is 5.51. The number of nitrogens with zero attached hydrogens (tertiary/aromatic N) is 2. The number of piperazine rings is 1. The van der Waals surface area contributed by atoms with Crippen molar-refractivity contribution in [2.45, 2.75) is 18.9 Å². The first-order chi connectivity index (χ1) is 8.74. The van der Waals surface area contributed by atoms with Crippen LogP contribution in [0.2, 0.25) is 5.02 Å². The quantitative estimate of drug-likeness (QED) is 0.818. The molecular weight excluding hydrogens is 248 g/mol. The number of amides is 1. The summed E-state index contributed by atoms with van der Waals surface area (Å²) in [6.07, 6.45) is 2.67. The second kappa shape index (κ2) is 4.90. The predicted molar refractivity (Wildman–Crippen MR) is 72.0 cm³/mol. The Bertz CT molecular complexity index is 451. The van der Waals surface area contributed by atoms with Crippen LogP contribution in [0.4, 0.5) is 0 Å². The van der Waals surface area contributed by atoms with Gasteiger partial charge in [-0.25, -0.2) is 0 Å². The Morgan fingerprint density at radius 1 is 1.17 bits per heavy atom. The van der Waals surface area contributed by atoms with Crippen molar-refractivity contribution in [1.29, 1.82) is 0 Å². The van der Waals surface area contributed by atoms with E-state index in [0.717, 1.165) is 32.2 Å². The fraction of sp³-hybridized carbons (Fsp3) is 0.500. The van der Waals surface area contributed by atoms with Crippen LogP contribution in [0.15, 0.2) is 24.3 Å². The van der Waals surface area contributed by atoms with Gasteiger partial charge in [-0.3, -0.25) is 9.69 Å². The molecule has 4 heteroatoms. The van der Waals surface area contributed by atoms with E-state index in [1.54, 1.807) is 12.1 Å². The Hall–Kier alpha value is -1.06. The van der Waals surface area contributed by atoms with E-state index in [0.29, 0.717) is 10.6 Å². The van der Waals surface area contributed by atoms with Crippen LogP contribution >= 0.6 is 11.6 Å². The molecule has 3 rings (SSSR count). The van der Waals surface area contributed by atoms with Gasteiger partial charge in [0, 0.05) is 42.8 Å². The molecule has 1 aromatic carbocycles. The van der Waals surface area contributed by atoms with Crippen LogP contribution in [0.25, 0.3) is 0 Å². The molecule has 0 atom stereocenters. The molecule has 2 aliphatic rings. The van der Waals surface area contributed by atoms with Gasteiger partial charge in [0.25, 0.3) is 5.91 Å². The van der Waals surface area contributed by atoms with Crippen LogP contribution < -0.4 is 0 Å². The molecule has 0 bridgehead atoms. The van der Waals surface area contributed by atoms with Crippen molar-refractivity contribution in [3.05, 3.63) is 34.9 Å². The molecule has 1 saturated heterocycles. The number of carbonyl (C=O) groups excluding carboxylic acids is 1. The van der Waals surface area contributed by atoms with Crippen molar-refractivity contribution >= 4 is 17.5 Å². The summed E-state index contributed by atoms with van der Waals surface area (Å²) in [6, 6.07) is 8.01. The van der Waals surface area contributed by atoms with Crippen molar-refractivity contribution in [2.24, 2.45) is 0 Å². The van der Waals surface area contributed by atoms with Gasteiger partial charge >= 0.3 is 0 Å². The van der Waals surface area contributed by atoms with Crippen LogP contribution in [-0.2, 0) is 0 Å². The fourth-order valence-corrected chi connectivity index (χ4v) is 2.72. The molecule has 0 unspecified atom stereocenters. The molecule has 0 radical (unpaired) electrons. The summed E-state index contributed by atoms with van der Waals surface area (Å²) in [5.41, 5.74) is 0.697. The van der Waals surface area contributed by atoms with Gasteiger partial charge in [0.15, 0.2) is 0 Å². The van der Waals surface area contributed by atoms with E-state index in [-0.39, 0.29) is 5.91 Å². The molecule has 1 aliphatic heterocycles. The minimum atomic E-state index is 0.105. The Labute approximate surface area is 112 Å². The third kappa shape index (κ3) is 2.52. The van der Waals surface area contributed by atoms with E-state index in [9.17, 15) is 4.79 Å². The SMILES string of the molecule is O=C(c1cccc(Cl)c1)N1CCN(C2CC2)CC1. The van der Waals surface area contributed by atoms with Crippen LogP contribution in [0.1, 0.15) is 23.2 Å². The minimum absolute atomic E-state index is 0.105. The topological polar surface area (TPSA) is 23.6 Å². The first-order valence-corrected chi connectivity index (χ1v) is 6.91. The summed E-state index contributed by atoms with van der Waals surface area (Å²) in [5.74, 6) is 0.105. The molecule has 0 N–H and O–H groups in total. The number of benzene rings is 1. The van der Waals surface area contributed by atoms with E-state index in [1.165, 1.54) is 12.8 Å². The third-order valence-corrected chi connectivity index (χ3v) is 3.97. The zero-order valence-electron chi connectivity index (χ0n) is 10.3. The molecule has 1 heterocycles. The van der Waals surface area contributed by atoms with Crippen LogP contribution in [0, 0.1) is 0 Å². The zero-order valence-corrected chi connectivity index (χ0v) is 11.1. The Morgan fingerprint density at radius 3 is 2.50 bits per heavy atom. The van der Waals surface area contributed by atoms with E-state index in [1.807, 2.05) is 17.0 Å². The Morgan fingerprint density at radius 2 is 1.89 bits per heavy atom. The molecule has 1 saturated carbocycles. The summed E-state index contributed by atoms with van der Waals surface area (Å²) in [5, 5.41) is 0.623. The fourth-order valence-electron chi connectivity index (χ4n) is 2.53. The highest BCUT2D eigenvalue weighted by molar-refractivity contribution is 6.30. The van der Waals surface area contributed by atoms with E-state index in [2.05, 4.69) is 4.90 Å². The normalized spacial score (nSPS) is 21.1. The molecule has 1 amide bonds. The minimum Gasteiger partial charge on any atom is -0.336 e. The molecule has 1 aromatic rings. The van der Waals surface area contributed by atoms with Gasteiger partial charge < -0.3 is 4.90 Å². The molecular formula is C14H17ClN2O. The lowest BCUT2D eigenvalue weighted by molar-refractivity contribution is 0.0627. The van der Waals surface area contributed by atoms with Gasteiger partial charge in [0.05, 0.1) is 0 Å². The summed E-state index contributed by atoms with van der Waals surface area (Å²) in [4.78, 5) is 16.7. The number of rotatable bonds is 2. The lowest BCUT2D eigenvalue weighted by Gasteiger charge is -2.34. The average molecular weight is 265 g/mol. The van der Waals surface area contributed by atoms with Gasteiger partial charge in [-0.05, 0) is 31.0 Å². The van der Waals surface area contributed by atoms with Crippen molar-refractivity contribution < 1.29 is 4.79 Å². The highest BCUT2D eigenvalue weighted by Gasteiger charge is 2.32. The lowest BCUT2D eigenvalue weighted by Crippen LogP contribution is -2.49. The molecule has 1 aliphatic carbocycles. The van der Waals surface area contributed by atoms with Crippen molar-refractivity contribution in [3.8, 4) is 0 Å². The van der Waals surface area contributed by atoms with Crippen LogP contribution in [0.3, 0.4) is 0 Å². The van der Waals surface area contributed by atoms with Crippen molar-refractivity contribution in [3.63, 3.8) is 0 Å². The summed E-state index contributed by atoms with van der Waals surface area (Å²) >= 11 is 5.92. The smallest absolute Gasteiger partial charge is 0.253 e. The second-order valence-electron chi connectivity index (χ2n) is 5.07. The number of hydrogen-bond acceptors (Lipinski definition) is 2. The zero-order chi connectivity index (χ0) is 12.5. The highest BCUT2D eigenvalue weighted by Crippen LogP contribution is 2.27. The third-order valence-electron chi connectivity index (χ3n) is 3.74. The maximum atomic E-state index is 12.3. The van der Waals surface area contributed by atoms with E-state index in [4.69, 9.17) is 11.6 Å². The monoisotopic (exact) mass is 264 g/mol. The van der Waals surface area contributed by atoms with Crippen molar-refractivity contribution in [2.75, 3.05) is 26.2 Å².